The minimum atomic E-state index is 0.0207. The van der Waals surface area contributed by atoms with Gasteiger partial charge in [-0.1, -0.05) is 32.9 Å². The molecular formula is C16H23NO2. The van der Waals surface area contributed by atoms with Crippen molar-refractivity contribution in [3.8, 4) is 0 Å². The van der Waals surface area contributed by atoms with Crippen LogP contribution in [0.15, 0.2) is 24.3 Å². The summed E-state index contributed by atoms with van der Waals surface area (Å²) in [6, 6.07) is 8.16. The number of carbonyl (C=O) groups excluding carboxylic acids is 1. The summed E-state index contributed by atoms with van der Waals surface area (Å²) in [6.07, 6.45) is 1.82. The number of amides is 1. The molecule has 1 fully saturated rings. The van der Waals surface area contributed by atoms with E-state index in [1.54, 1.807) is 0 Å². The summed E-state index contributed by atoms with van der Waals surface area (Å²) in [5.41, 5.74) is 2.10. The summed E-state index contributed by atoms with van der Waals surface area (Å²) in [4.78, 5) is 12.1. The van der Waals surface area contributed by atoms with Crippen LogP contribution in [0.25, 0.3) is 0 Å². The summed E-state index contributed by atoms with van der Waals surface area (Å²) in [7, 11) is 0. The quantitative estimate of drug-likeness (QED) is 0.889. The van der Waals surface area contributed by atoms with Crippen molar-refractivity contribution in [3.63, 3.8) is 0 Å². The lowest BCUT2D eigenvalue weighted by Gasteiger charge is -2.23. The van der Waals surface area contributed by atoms with Crippen molar-refractivity contribution in [2.24, 2.45) is 0 Å². The molecule has 1 aromatic rings. The maximum absolute atomic E-state index is 12.1. The summed E-state index contributed by atoms with van der Waals surface area (Å²) in [5.74, 6) is 0.0207. The van der Waals surface area contributed by atoms with E-state index in [0.29, 0.717) is 0 Å². The van der Waals surface area contributed by atoms with Crippen LogP contribution >= 0.6 is 0 Å². The summed E-state index contributed by atoms with van der Waals surface area (Å²) in [5, 5.41) is 3.07. The van der Waals surface area contributed by atoms with E-state index in [-0.39, 0.29) is 17.4 Å². The van der Waals surface area contributed by atoms with Gasteiger partial charge in [-0.3, -0.25) is 4.79 Å². The highest BCUT2D eigenvalue weighted by atomic mass is 16.5. The van der Waals surface area contributed by atoms with Gasteiger partial charge in [0.25, 0.3) is 5.91 Å². The molecule has 3 heteroatoms. The molecular weight excluding hydrogens is 238 g/mol. The van der Waals surface area contributed by atoms with Gasteiger partial charge in [0.15, 0.2) is 0 Å². The van der Waals surface area contributed by atoms with Gasteiger partial charge in [0.05, 0.1) is 0 Å². The number of ether oxygens (including phenoxy) is 1. The van der Waals surface area contributed by atoms with Crippen LogP contribution in [-0.4, -0.2) is 25.2 Å². The zero-order chi connectivity index (χ0) is 13.9. The Bertz CT molecular complexity index is 425. The van der Waals surface area contributed by atoms with Crippen molar-refractivity contribution in [2.45, 2.75) is 45.1 Å². The first-order chi connectivity index (χ1) is 8.97. The van der Waals surface area contributed by atoms with Crippen molar-refractivity contribution in [3.05, 3.63) is 35.4 Å². The van der Waals surface area contributed by atoms with Gasteiger partial charge in [-0.2, -0.15) is 0 Å². The molecule has 0 aromatic heterocycles. The van der Waals surface area contributed by atoms with Gasteiger partial charge in [0.1, 0.15) is 0 Å². The minimum absolute atomic E-state index is 0.0207. The average molecular weight is 261 g/mol. The van der Waals surface area contributed by atoms with Crippen LogP contribution in [0, 0.1) is 0 Å². The van der Waals surface area contributed by atoms with Gasteiger partial charge >= 0.3 is 0 Å². The Balaban J connectivity index is 1.99. The van der Waals surface area contributed by atoms with Gasteiger partial charge in [0.2, 0.25) is 0 Å². The first kappa shape index (κ1) is 14.1. The van der Waals surface area contributed by atoms with Crippen LogP contribution in [0.3, 0.4) is 0 Å². The van der Waals surface area contributed by atoms with Gasteiger partial charge in [-0.05, 0) is 36.0 Å². The Morgan fingerprint density at radius 1 is 1.16 bits per heavy atom. The summed E-state index contributed by atoms with van der Waals surface area (Å²) < 4.78 is 5.29. The maximum atomic E-state index is 12.1. The summed E-state index contributed by atoms with van der Waals surface area (Å²) in [6.45, 7) is 8.00. The van der Waals surface area contributed by atoms with Crippen molar-refractivity contribution < 1.29 is 9.53 Å². The third-order valence-corrected chi connectivity index (χ3v) is 3.57. The molecule has 0 atom stereocenters. The minimum Gasteiger partial charge on any atom is -0.381 e. The molecule has 0 spiro atoms. The highest BCUT2D eigenvalue weighted by Crippen LogP contribution is 2.22. The molecule has 0 aliphatic carbocycles. The number of hydrogen-bond donors (Lipinski definition) is 1. The van der Waals surface area contributed by atoms with Crippen LogP contribution < -0.4 is 5.32 Å². The predicted molar refractivity (Wildman–Crippen MR) is 76.4 cm³/mol. The molecule has 1 saturated heterocycles. The van der Waals surface area contributed by atoms with Crippen LogP contribution in [0.4, 0.5) is 0 Å². The second kappa shape index (κ2) is 5.74. The number of benzene rings is 1. The molecule has 1 amide bonds. The maximum Gasteiger partial charge on any atom is 0.251 e. The predicted octanol–water partition coefficient (Wildman–Crippen LogP) is 2.89. The molecule has 1 aromatic carbocycles. The van der Waals surface area contributed by atoms with Gasteiger partial charge in [0, 0.05) is 24.8 Å². The third-order valence-electron chi connectivity index (χ3n) is 3.57. The Hall–Kier alpha value is -1.35. The second-order valence-corrected chi connectivity index (χ2v) is 6.19. The number of carbonyl (C=O) groups is 1. The normalized spacial score (nSPS) is 17.2. The second-order valence-electron chi connectivity index (χ2n) is 6.19. The lowest BCUT2D eigenvalue weighted by molar-refractivity contribution is 0.0696. The van der Waals surface area contributed by atoms with Crippen LogP contribution in [0.1, 0.15) is 49.5 Å². The Morgan fingerprint density at radius 3 is 2.26 bits per heavy atom. The Morgan fingerprint density at radius 2 is 1.74 bits per heavy atom. The smallest absolute Gasteiger partial charge is 0.251 e. The monoisotopic (exact) mass is 261 g/mol. The van der Waals surface area contributed by atoms with Gasteiger partial charge in [-0.15, -0.1) is 0 Å². The van der Waals surface area contributed by atoms with E-state index in [0.717, 1.165) is 31.6 Å². The molecule has 1 aliphatic heterocycles. The molecule has 0 bridgehead atoms. The fraction of sp³-hybridized carbons (Fsp3) is 0.562. The van der Waals surface area contributed by atoms with E-state index >= 15 is 0 Å². The fourth-order valence-electron chi connectivity index (χ4n) is 2.23. The van der Waals surface area contributed by atoms with E-state index in [1.807, 2.05) is 24.3 Å². The van der Waals surface area contributed by atoms with E-state index in [9.17, 15) is 4.79 Å². The molecule has 19 heavy (non-hydrogen) atoms. The molecule has 0 radical (unpaired) electrons. The SMILES string of the molecule is CC(C)(C)c1ccc(C(=O)NC2CCOCC2)cc1. The molecule has 1 aliphatic rings. The van der Waals surface area contributed by atoms with Gasteiger partial charge in [-0.25, -0.2) is 0 Å². The molecule has 3 nitrogen and oxygen atoms in total. The first-order valence-corrected chi connectivity index (χ1v) is 6.96. The number of hydrogen-bond acceptors (Lipinski definition) is 2. The van der Waals surface area contributed by atoms with Crippen molar-refractivity contribution in [1.82, 2.24) is 5.32 Å². The van der Waals surface area contributed by atoms with Crippen molar-refractivity contribution in [2.75, 3.05) is 13.2 Å². The van der Waals surface area contributed by atoms with E-state index in [4.69, 9.17) is 4.74 Å². The standard InChI is InChI=1S/C16H23NO2/c1-16(2,3)13-6-4-12(5-7-13)15(18)17-14-8-10-19-11-9-14/h4-7,14H,8-11H2,1-3H3,(H,17,18). The highest BCUT2D eigenvalue weighted by molar-refractivity contribution is 5.94. The molecule has 2 rings (SSSR count). The average Bonchev–Trinajstić information content (AvgIpc) is 2.39. The van der Waals surface area contributed by atoms with Crippen LogP contribution in [0.2, 0.25) is 0 Å². The summed E-state index contributed by atoms with van der Waals surface area (Å²) >= 11 is 0. The Labute approximate surface area is 115 Å². The molecule has 0 unspecified atom stereocenters. The van der Waals surface area contributed by atoms with Gasteiger partial charge < -0.3 is 10.1 Å². The third kappa shape index (κ3) is 3.80. The zero-order valence-corrected chi connectivity index (χ0v) is 12.0. The topological polar surface area (TPSA) is 38.3 Å². The first-order valence-electron chi connectivity index (χ1n) is 6.96. The zero-order valence-electron chi connectivity index (χ0n) is 12.0. The van der Waals surface area contributed by atoms with Crippen LogP contribution in [-0.2, 0) is 10.2 Å². The van der Waals surface area contributed by atoms with Crippen molar-refractivity contribution in [1.29, 1.82) is 0 Å². The largest absolute Gasteiger partial charge is 0.381 e. The fourth-order valence-corrected chi connectivity index (χ4v) is 2.23. The number of nitrogens with one attached hydrogen (secondary N) is 1. The van der Waals surface area contributed by atoms with E-state index < -0.39 is 0 Å². The lowest BCUT2D eigenvalue weighted by Crippen LogP contribution is -2.38. The molecule has 1 heterocycles. The Kier molecular flexibility index (Phi) is 4.25. The lowest BCUT2D eigenvalue weighted by atomic mass is 9.86. The molecule has 0 saturated carbocycles. The molecule has 1 N–H and O–H groups in total. The van der Waals surface area contributed by atoms with E-state index in [1.165, 1.54) is 5.56 Å². The number of rotatable bonds is 2. The highest BCUT2D eigenvalue weighted by Gasteiger charge is 2.18. The van der Waals surface area contributed by atoms with Crippen molar-refractivity contribution >= 4 is 5.91 Å². The van der Waals surface area contributed by atoms with E-state index in [2.05, 4.69) is 26.1 Å². The van der Waals surface area contributed by atoms with Crippen LogP contribution in [0.5, 0.6) is 0 Å². The molecule has 104 valence electrons.